The minimum atomic E-state index is 0.150. The standard InChI is InChI=1S/C16H30N2O/c1-12(2)8-13-9-16(13)11-18-10-15(19-16)6-4-14(17-3)5-7-15/h12-14,17-18H,4-11H2,1-3H3. The molecule has 0 aromatic rings. The first-order valence-corrected chi connectivity index (χ1v) is 8.16. The van der Waals surface area contributed by atoms with Crippen molar-refractivity contribution in [1.29, 1.82) is 0 Å². The fraction of sp³-hybridized carbons (Fsp3) is 1.00. The van der Waals surface area contributed by atoms with Gasteiger partial charge in [0.2, 0.25) is 0 Å². The van der Waals surface area contributed by atoms with Crippen LogP contribution in [0, 0.1) is 11.8 Å². The lowest BCUT2D eigenvalue weighted by Crippen LogP contribution is -2.58. The molecule has 2 N–H and O–H groups in total. The molecule has 3 aliphatic rings. The zero-order valence-corrected chi connectivity index (χ0v) is 12.8. The number of hydrogen-bond donors (Lipinski definition) is 2. The molecule has 3 nitrogen and oxygen atoms in total. The highest BCUT2D eigenvalue weighted by atomic mass is 16.5. The summed E-state index contributed by atoms with van der Waals surface area (Å²) in [5.74, 6) is 1.60. The number of morpholine rings is 1. The maximum absolute atomic E-state index is 6.73. The van der Waals surface area contributed by atoms with Crippen LogP contribution in [-0.4, -0.2) is 37.4 Å². The molecule has 0 aromatic carbocycles. The lowest BCUT2D eigenvalue weighted by atomic mass is 9.80. The molecule has 19 heavy (non-hydrogen) atoms. The van der Waals surface area contributed by atoms with Gasteiger partial charge >= 0.3 is 0 Å². The van der Waals surface area contributed by atoms with Crippen molar-refractivity contribution in [2.24, 2.45) is 11.8 Å². The molecule has 2 atom stereocenters. The number of nitrogens with one attached hydrogen (secondary N) is 2. The van der Waals surface area contributed by atoms with Crippen molar-refractivity contribution in [2.75, 3.05) is 20.1 Å². The molecule has 0 aromatic heterocycles. The third-order valence-corrected chi connectivity index (χ3v) is 5.53. The van der Waals surface area contributed by atoms with Gasteiger partial charge in [-0.2, -0.15) is 0 Å². The predicted molar refractivity (Wildman–Crippen MR) is 78.3 cm³/mol. The van der Waals surface area contributed by atoms with Gasteiger partial charge < -0.3 is 15.4 Å². The van der Waals surface area contributed by atoms with E-state index in [0.29, 0.717) is 6.04 Å². The van der Waals surface area contributed by atoms with Gasteiger partial charge in [0.25, 0.3) is 0 Å². The predicted octanol–water partition coefficient (Wildman–Crippen LogP) is 2.31. The highest BCUT2D eigenvalue weighted by Gasteiger charge is 2.60. The summed E-state index contributed by atoms with van der Waals surface area (Å²) < 4.78 is 6.73. The van der Waals surface area contributed by atoms with Crippen molar-refractivity contribution in [1.82, 2.24) is 10.6 Å². The molecule has 3 heteroatoms. The average molecular weight is 266 g/mol. The SMILES string of the molecule is CNC1CCC2(CC1)CNCC1(CC1CC(C)C)O2. The molecular formula is C16H30N2O. The van der Waals surface area contributed by atoms with Gasteiger partial charge in [0.1, 0.15) is 0 Å². The van der Waals surface area contributed by atoms with Gasteiger partial charge in [-0.1, -0.05) is 13.8 Å². The van der Waals surface area contributed by atoms with Crippen LogP contribution in [0.5, 0.6) is 0 Å². The Balaban J connectivity index is 1.60. The van der Waals surface area contributed by atoms with Crippen molar-refractivity contribution in [3.8, 4) is 0 Å². The van der Waals surface area contributed by atoms with E-state index in [1.165, 1.54) is 38.5 Å². The lowest BCUT2D eigenvalue weighted by Gasteiger charge is -2.46. The average Bonchev–Trinajstić information content (AvgIpc) is 3.00. The summed E-state index contributed by atoms with van der Waals surface area (Å²) in [5.41, 5.74) is 0.354. The monoisotopic (exact) mass is 266 g/mol. The van der Waals surface area contributed by atoms with Crippen LogP contribution in [0.1, 0.15) is 52.4 Å². The van der Waals surface area contributed by atoms with Gasteiger partial charge in [-0.05, 0) is 57.4 Å². The fourth-order valence-corrected chi connectivity index (χ4v) is 4.28. The Kier molecular flexibility index (Phi) is 3.65. The highest BCUT2D eigenvalue weighted by Crippen LogP contribution is 2.55. The van der Waals surface area contributed by atoms with Crippen molar-refractivity contribution in [3.05, 3.63) is 0 Å². The summed E-state index contributed by atoms with van der Waals surface area (Å²) in [7, 11) is 2.09. The molecule has 0 amide bonds. The minimum Gasteiger partial charge on any atom is -0.366 e. The van der Waals surface area contributed by atoms with Crippen molar-refractivity contribution < 1.29 is 4.74 Å². The van der Waals surface area contributed by atoms with Crippen molar-refractivity contribution >= 4 is 0 Å². The van der Waals surface area contributed by atoms with Crippen LogP contribution >= 0.6 is 0 Å². The van der Waals surface area contributed by atoms with Crippen LogP contribution < -0.4 is 10.6 Å². The molecule has 1 heterocycles. The number of rotatable bonds is 3. The molecule has 2 unspecified atom stereocenters. The van der Waals surface area contributed by atoms with E-state index in [-0.39, 0.29) is 11.2 Å². The second kappa shape index (κ2) is 5.01. The van der Waals surface area contributed by atoms with Gasteiger partial charge in [0.05, 0.1) is 11.2 Å². The summed E-state index contributed by atoms with van der Waals surface area (Å²) in [6.45, 7) is 6.81. The van der Waals surface area contributed by atoms with E-state index in [1.807, 2.05) is 0 Å². The second-order valence-electron chi connectivity index (χ2n) is 7.55. The van der Waals surface area contributed by atoms with Crippen LogP contribution in [0.2, 0.25) is 0 Å². The van der Waals surface area contributed by atoms with E-state index in [0.717, 1.165) is 24.9 Å². The Morgan fingerprint density at radius 2 is 2.00 bits per heavy atom. The first kappa shape index (κ1) is 13.8. The Morgan fingerprint density at radius 3 is 2.63 bits per heavy atom. The molecular weight excluding hydrogens is 236 g/mol. The molecule has 2 spiro atoms. The van der Waals surface area contributed by atoms with E-state index in [4.69, 9.17) is 4.74 Å². The van der Waals surface area contributed by atoms with Crippen molar-refractivity contribution in [3.63, 3.8) is 0 Å². The van der Waals surface area contributed by atoms with E-state index in [2.05, 4.69) is 31.5 Å². The van der Waals surface area contributed by atoms with Crippen LogP contribution in [0.3, 0.4) is 0 Å². The van der Waals surface area contributed by atoms with Gasteiger partial charge in [-0.3, -0.25) is 0 Å². The largest absolute Gasteiger partial charge is 0.366 e. The summed E-state index contributed by atoms with van der Waals surface area (Å²) in [6.07, 6.45) is 7.60. The zero-order valence-electron chi connectivity index (χ0n) is 12.8. The van der Waals surface area contributed by atoms with E-state index < -0.39 is 0 Å². The van der Waals surface area contributed by atoms with E-state index in [9.17, 15) is 0 Å². The van der Waals surface area contributed by atoms with Crippen LogP contribution in [0.25, 0.3) is 0 Å². The Bertz CT molecular complexity index is 323. The Morgan fingerprint density at radius 1 is 1.26 bits per heavy atom. The smallest absolute Gasteiger partial charge is 0.0847 e. The molecule has 110 valence electrons. The van der Waals surface area contributed by atoms with Crippen LogP contribution in [-0.2, 0) is 4.74 Å². The molecule has 0 bridgehead atoms. The highest BCUT2D eigenvalue weighted by molar-refractivity contribution is 5.12. The maximum Gasteiger partial charge on any atom is 0.0847 e. The molecule has 3 rings (SSSR count). The molecule has 0 radical (unpaired) electrons. The topological polar surface area (TPSA) is 33.3 Å². The van der Waals surface area contributed by atoms with Crippen LogP contribution in [0.4, 0.5) is 0 Å². The molecule has 3 fully saturated rings. The summed E-state index contributed by atoms with van der Waals surface area (Å²) >= 11 is 0. The number of ether oxygens (including phenoxy) is 1. The second-order valence-corrected chi connectivity index (χ2v) is 7.55. The Hall–Kier alpha value is -0.120. The molecule has 1 saturated heterocycles. The first-order chi connectivity index (χ1) is 9.07. The summed E-state index contributed by atoms with van der Waals surface area (Å²) in [6, 6.07) is 0.706. The quantitative estimate of drug-likeness (QED) is 0.822. The van der Waals surface area contributed by atoms with Crippen LogP contribution in [0.15, 0.2) is 0 Å². The maximum atomic E-state index is 6.73. The van der Waals surface area contributed by atoms with Gasteiger partial charge in [0.15, 0.2) is 0 Å². The minimum absolute atomic E-state index is 0.150. The Labute approximate surface area is 117 Å². The molecule has 2 saturated carbocycles. The lowest BCUT2D eigenvalue weighted by molar-refractivity contribution is -0.156. The fourth-order valence-electron chi connectivity index (χ4n) is 4.28. The van der Waals surface area contributed by atoms with E-state index in [1.54, 1.807) is 0 Å². The van der Waals surface area contributed by atoms with E-state index >= 15 is 0 Å². The molecule has 1 aliphatic heterocycles. The third kappa shape index (κ3) is 2.70. The summed E-state index contributed by atoms with van der Waals surface area (Å²) in [5, 5.41) is 7.11. The first-order valence-electron chi connectivity index (χ1n) is 8.16. The third-order valence-electron chi connectivity index (χ3n) is 5.53. The summed E-state index contributed by atoms with van der Waals surface area (Å²) in [4.78, 5) is 0. The van der Waals surface area contributed by atoms with Crippen molar-refractivity contribution in [2.45, 2.75) is 69.6 Å². The van der Waals surface area contributed by atoms with Gasteiger partial charge in [0, 0.05) is 19.1 Å². The van der Waals surface area contributed by atoms with Gasteiger partial charge in [-0.15, -0.1) is 0 Å². The van der Waals surface area contributed by atoms with Gasteiger partial charge in [-0.25, -0.2) is 0 Å². The number of hydrogen-bond acceptors (Lipinski definition) is 3. The normalized spacial score (nSPS) is 46.1. The zero-order chi connectivity index (χ0) is 13.5. The molecule has 2 aliphatic carbocycles.